The van der Waals surface area contributed by atoms with Crippen molar-refractivity contribution in [3.63, 3.8) is 0 Å². The van der Waals surface area contributed by atoms with Crippen LogP contribution in [-0.4, -0.2) is 16.1 Å². The highest BCUT2D eigenvalue weighted by molar-refractivity contribution is 6.31. The number of rotatable bonds is 3. The summed E-state index contributed by atoms with van der Waals surface area (Å²) in [5, 5.41) is 7.95. The van der Waals surface area contributed by atoms with Crippen LogP contribution in [0.5, 0.6) is 0 Å². The molecule has 3 aromatic carbocycles. The number of halogens is 3. The lowest BCUT2D eigenvalue weighted by Crippen LogP contribution is -2.13. The third-order valence-electron chi connectivity index (χ3n) is 4.27. The Morgan fingerprint density at radius 1 is 1.00 bits per heavy atom. The number of nitrogens with one attached hydrogen (secondary N) is 1. The molecule has 3 N–H and O–H groups in total. The summed E-state index contributed by atoms with van der Waals surface area (Å²) in [5.74, 6) is -2.26. The second-order valence-electron chi connectivity index (χ2n) is 6.07. The van der Waals surface area contributed by atoms with Gasteiger partial charge in [0, 0.05) is 27.6 Å². The Morgan fingerprint density at radius 2 is 1.74 bits per heavy atom. The minimum atomic E-state index is -0.758. The minimum absolute atomic E-state index is 0.0785. The molecule has 7 heteroatoms. The molecule has 0 bridgehead atoms. The molecule has 0 aliphatic carbocycles. The number of benzene rings is 3. The van der Waals surface area contributed by atoms with E-state index in [-0.39, 0.29) is 16.1 Å². The molecule has 0 unspecified atom stereocenters. The first kappa shape index (κ1) is 17.2. The maximum absolute atomic E-state index is 13.8. The van der Waals surface area contributed by atoms with Gasteiger partial charge in [0.2, 0.25) is 5.91 Å². The van der Waals surface area contributed by atoms with E-state index in [4.69, 9.17) is 17.3 Å². The summed E-state index contributed by atoms with van der Waals surface area (Å²) in [7, 11) is 0. The molecule has 27 heavy (non-hydrogen) atoms. The number of nitrogens with two attached hydrogens (primary N) is 1. The van der Waals surface area contributed by atoms with Gasteiger partial charge in [-0.2, -0.15) is 5.10 Å². The lowest BCUT2D eigenvalue weighted by molar-refractivity contribution is 0.100. The summed E-state index contributed by atoms with van der Waals surface area (Å²) in [5.41, 5.74) is 8.17. The van der Waals surface area contributed by atoms with Crippen molar-refractivity contribution in [2.75, 3.05) is 0 Å². The Morgan fingerprint density at radius 3 is 2.44 bits per heavy atom. The maximum Gasteiger partial charge on any atom is 0.249 e. The molecule has 0 spiro atoms. The van der Waals surface area contributed by atoms with E-state index in [0.29, 0.717) is 16.7 Å². The number of nitrogens with zero attached hydrogens (tertiary/aromatic N) is 1. The van der Waals surface area contributed by atoms with Crippen LogP contribution in [0.2, 0.25) is 5.02 Å². The third-order valence-corrected chi connectivity index (χ3v) is 4.49. The fraction of sp³-hybridized carbons (Fsp3) is 0. The molecular formula is C20H12ClF2N3O. The molecule has 4 rings (SSSR count). The molecule has 1 aromatic heterocycles. The van der Waals surface area contributed by atoms with Gasteiger partial charge in [-0.05, 0) is 53.1 Å². The Kier molecular flexibility index (Phi) is 4.12. The van der Waals surface area contributed by atoms with E-state index in [1.807, 2.05) is 12.1 Å². The van der Waals surface area contributed by atoms with E-state index in [9.17, 15) is 13.6 Å². The van der Waals surface area contributed by atoms with Crippen LogP contribution in [0, 0.1) is 11.6 Å². The van der Waals surface area contributed by atoms with Gasteiger partial charge in [-0.15, -0.1) is 0 Å². The monoisotopic (exact) mass is 383 g/mol. The van der Waals surface area contributed by atoms with Gasteiger partial charge < -0.3 is 5.73 Å². The molecule has 0 aliphatic rings. The van der Waals surface area contributed by atoms with Gasteiger partial charge in [0.1, 0.15) is 11.6 Å². The third kappa shape index (κ3) is 3.15. The van der Waals surface area contributed by atoms with Crippen molar-refractivity contribution in [1.82, 2.24) is 10.2 Å². The number of aromatic nitrogens is 2. The van der Waals surface area contributed by atoms with Crippen molar-refractivity contribution in [3.8, 4) is 22.3 Å². The number of primary amides is 1. The normalized spacial score (nSPS) is 11.1. The summed E-state index contributed by atoms with van der Waals surface area (Å²) < 4.78 is 27.7. The molecule has 0 fully saturated rings. The van der Waals surface area contributed by atoms with Crippen LogP contribution in [-0.2, 0) is 0 Å². The quantitative estimate of drug-likeness (QED) is 0.526. The number of hydrogen-bond donors (Lipinski definition) is 2. The largest absolute Gasteiger partial charge is 0.366 e. The van der Waals surface area contributed by atoms with Gasteiger partial charge in [-0.3, -0.25) is 9.89 Å². The number of aromatic amines is 1. The molecule has 4 aromatic rings. The standard InChI is InChI=1S/C20H12ClF2N3O/c21-13-6-16(10-1-2-18-12(3-10)9-25-26-18)19(17(7-13)20(24)27)11-4-14(22)8-15(23)5-11/h1-9H,(H2,24,27)(H,25,26). The van der Waals surface area contributed by atoms with Gasteiger partial charge in [0.25, 0.3) is 0 Å². The van der Waals surface area contributed by atoms with E-state index in [0.717, 1.165) is 29.1 Å². The molecular weight excluding hydrogens is 372 g/mol. The number of carbonyl (C=O) groups is 1. The fourth-order valence-corrected chi connectivity index (χ4v) is 3.37. The smallest absolute Gasteiger partial charge is 0.249 e. The highest BCUT2D eigenvalue weighted by Gasteiger charge is 2.19. The van der Waals surface area contributed by atoms with Crippen molar-refractivity contribution < 1.29 is 13.6 Å². The highest BCUT2D eigenvalue weighted by atomic mass is 35.5. The zero-order valence-corrected chi connectivity index (χ0v) is 14.5. The SMILES string of the molecule is NC(=O)c1cc(Cl)cc(-c2ccc3[nH]ncc3c2)c1-c1cc(F)cc(F)c1. The predicted molar refractivity (Wildman–Crippen MR) is 100 cm³/mol. The maximum atomic E-state index is 13.8. The molecule has 4 nitrogen and oxygen atoms in total. The predicted octanol–water partition coefficient (Wildman–Crippen LogP) is 4.93. The van der Waals surface area contributed by atoms with Crippen molar-refractivity contribution >= 4 is 28.4 Å². The molecule has 0 aliphatic heterocycles. The second-order valence-corrected chi connectivity index (χ2v) is 6.51. The fourth-order valence-electron chi connectivity index (χ4n) is 3.15. The summed E-state index contributed by atoms with van der Waals surface area (Å²) in [4.78, 5) is 12.0. The van der Waals surface area contributed by atoms with E-state index >= 15 is 0 Å². The highest BCUT2D eigenvalue weighted by Crippen LogP contribution is 2.38. The van der Waals surface area contributed by atoms with Crippen molar-refractivity contribution in [2.24, 2.45) is 5.73 Å². The Labute approximate surface area is 157 Å². The van der Waals surface area contributed by atoms with Crippen LogP contribution in [0.15, 0.2) is 54.7 Å². The number of amides is 1. The Hall–Kier alpha value is -3.25. The lowest BCUT2D eigenvalue weighted by Gasteiger charge is -2.15. The van der Waals surface area contributed by atoms with Gasteiger partial charge >= 0.3 is 0 Å². The second kappa shape index (κ2) is 6.48. The first-order valence-corrected chi connectivity index (χ1v) is 8.33. The average molecular weight is 384 g/mol. The topological polar surface area (TPSA) is 71.8 Å². The minimum Gasteiger partial charge on any atom is -0.366 e. The Bertz CT molecular complexity index is 1180. The van der Waals surface area contributed by atoms with Crippen LogP contribution in [0.3, 0.4) is 0 Å². The van der Waals surface area contributed by atoms with Crippen molar-refractivity contribution in [2.45, 2.75) is 0 Å². The molecule has 0 saturated carbocycles. The van der Waals surface area contributed by atoms with Crippen LogP contribution in [0.1, 0.15) is 10.4 Å². The van der Waals surface area contributed by atoms with Crippen LogP contribution >= 0.6 is 11.6 Å². The van der Waals surface area contributed by atoms with Gasteiger partial charge in [-0.1, -0.05) is 17.7 Å². The molecule has 0 atom stereocenters. The molecule has 1 heterocycles. The molecule has 1 amide bonds. The summed E-state index contributed by atoms with van der Waals surface area (Å²) >= 11 is 6.19. The molecule has 134 valence electrons. The first-order valence-electron chi connectivity index (χ1n) is 7.96. The van der Waals surface area contributed by atoms with Gasteiger partial charge in [0.15, 0.2) is 0 Å². The van der Waals surface area contributed by atoms with E-state index in [2.05, 4.69) is 10.2 Å². The van der Waals surface area contributed by atoms with Crippen molar-refractivity contribution in [1.29, 1.82) is 0 Å². The van der Waals surface area contributed by atoms with Crippen LogP contribution in [0.25, 0.3) is 33.2 Å². The summed E-state index contributed by atoms with van der Waals surface area (Å²) in [6, 6.07) is 11.6. The first-order chi connectivity index (χ1) is 12.9. The van der Waals surface area contributed by atoms with E-state index in [1.165, 1.54) is 6.07 Å². The zero-order valence-electron chi connectivity index (χ0n) is 13.8. The van der Waals surface area contributed by atoms with Gasteiger partial charge in [-0.25, -0.2) is 8.78 Å². The van der Waals surface area contributed by atoms with E-state index in [1.54, 1.807) is 18.3 Å². The average Bonchev–Trinajstić information content (AvgIpc) is 3.07. The Balaban J connectivity index is 2.07. The van der Waals surface area contributed by atoms with Gasteiger partial charge in [0.05, 0.1) is 11.7 Å². The van der Waals surface area contributed by atoms with Crippen LogP contribution < -0.4 is 5.73 Å². The molecule has 0 saturated heterocycles. The number of fused-ring (bicyclic) bond motifs is 1. The zero-order chi connectivity index (χ0) is 19.1. The van der Waals surface area contributed by atoms with E-state index < -0.39 is 17.5 Å². The number of H-pyrrole nitrogens is 1. The number of carbonyl (C=O) groups excluding carboxylic acids is 1. The molecule has 0 radical (unpaired) electrons. The number of hydrogen-bond acceptors (Lipinski definition) is 2. The van der Waals surface area contributed by atoms with Crippen LogP contribution in [0.4, 0.5) is 8.78 Å². The summed E-state index contributed by atoms with van der Waals surface area (Å²) in [6.45, 7) is 0. The summed E-state index contributed by atoms with van der Waals surface area (Å²) in [6.07, 6.45) is 1.65. The lowest BCUT2D eigenvalue weighted by atomic mass is 9.89. The van der Waals surface area contributed by atoms with Crippen molar-refractivity contribution in [3.05, 3.63) is 76.9 Å².